The molecule has 0 spiro atoms. The van der Waals surface area contributed by atoms with E-state index < -0.39 is 0 Å². The molecule has 0 radical (unpaired) electrons. The highest BCUT2D eigenvalue weighted by atomic mass is 16.7. The van der Waals surface area contributed by atoms with E-state index in [1.807, 2.05) is 0 Å². The van der Waals surface area contributed by atoms with Crippen molar-refractivity contribution >= 4 is 7.12 Å². The van der Waals surface area contributed by atoms with Gasteiger partial charge >= 0.3 is 7.12 Å². The first-order valence-electron chi connectivity index (χ1n) is 6.75. The fourth-order valence-electron chi connectivity index (χ4n) is 1.97. The summed E-state index contributed by atoms with van der Waals surface area (Å²) in [6.07, 6.45) is 5.22. The Morgan fingerprint density at radius 2 is 1.56 bits per heavy atom. The van der Waals surface area contributed by atoms with Crippen molar-refractivity contribution < 1.29 is 9.31 Å². The lowest BCUT2D eigenvalue weighted by Gasteiger charge is -2.32. The van der Waals surface area contributed by atoms with Crippen molar-refractivity contribution in [1.29, 1.82) is 0 Å². The van der Waals surface area contributed by atoms with Crippen LogP contribution in [0.25, 0.3) is 10.4 Å². The summed E-state index contributed by atoms with van der Waals surface area (Å²) < 4.78 is 11.8. The smallest absolute Gasteiger partial charge is 0.403 e. The molecule has 0 N–H and O–H groups in total. The first kappa shape index (κ1) is 15.4. The van der Waals surface area contributed by atoms with E-state index in [0.717, 1.165) is 32.0 Å². The van der Waals surface area contributed by atoms with E-state index in [0.29, 0.717) is 6.54 Å². The van der Waals surface area contributed by atoms with Crippen molar-refractivity contribution in [3.05, 3.63) is 10.4 Å². The van der Waals surface area contributed by atoms with Gasteiger partial charge in [-0.25, -0.2) is 0 Å². The van der Waals surface area contributed by atoms with Gasteiger partial charge in [-0.1, -0.05) is 24.4 Å². The molecule has 1 saturated heterocycles. The van der Waals surface area contributed by atoms with Crippen LogP contribution in [-0.4, -0.2) is 24.9 Å². The zero-order chi connectivity index (χ0) is 13.6. The van der Waals surface area contributed by atoms with Gasteiger partial charge < -0.3 is 9.31 Å². The highest BCUT2D eigenvalue weighted by molar-refractivity contribution is 6.45. The van der Waals surface area contributed by atoms with E-state index in [4.69, 9.17) is 14.8 Å². The van der Waals surface area contributed by atoms with Crippen LogP contribution in [0, 0.1) is 0 Å². The van der Waals surface area contributed by atoms with Gasteiger partial charge in [-0.05, 0) is 46.0 Å². The summed E-state index contributed by atoms with van der Waals surface area (Å²) in [5, 5.41) is 3.52. The summed E-state index contributed by atoms with van der Waals surface area (Å²) >= 11 is 0. The number of rotatable bonds is 7. The van der Waals surface area contributed by atoms with Gasteiger partial charge in [0.1, 0.15) is 0 Å². The molecule has 0 aliphatic carbocycles. The molecule has 1 heterocycles. The standard InChI is InChI=1S/C12H24BN3O2/c1-11(2)12(3,4)18-13(17-11)9-7-5-6-8-10-15-16-14/h5-10H2,1-4H3. The molecule has 102 valence electrons. The molecule has 0 aromatic heterocycles. The van der Waals surface area contributed by atoms with E-state index in [1.54, 1.807) is 0 Å². The predicted octanol–water partition coefficient (Wildman–Crippen LogP) is 3.95. The largest absolute Gasteiger partial charge is 0.457 e. The van der Waals surface area contributed by atoms with Gasteiger partial charge in [-0.15, -0.1) is 0 Å². The average molecular weight is 253 g/mol. The second-order valence-corrected chi connectivity index (χ2v) is 5.84. The Kier molecular flexibility index (Phi) is 5.51. The Bertz CT molecular complexity index is 298. The lowest BCUT2D eigenvalue weighted by molar-refractivity contribution is 0.00578. The van der Waals surface area contributed by atoms with Gasteiger partial charge in [-0.2, -0.15) is 0 Å². The lowest BCUT2D eigenvalue weighted by Crippen LogP contribution is -2.41. The van der Waals surface area contributed by atoms with Crippen molar-refractivity contribution in [2.24, 2.45) is 5.11 Å². The summed E-state index contributed by atoms with van der Waals surface area (Å²) in [5.74, 6) is 0. The van der Waals surface area contributed by atoms with Crippen LogP contribution < -0.4 is 0 Å². The van der Waals surface area contributed by atoms with Gasteiger partial charge in [-0.3, -0.25) is 0 Å². The highest BCUT2D eigenvalue weighted by Crippen LogP contribution is 2.38. The van der Waals surface area contributed by atoms with Crippen molar-refractivity contribution in [2.75, 3.05) is 6.54 Å². The Hall–Kier alpha value is -0.705. The van der Waals surface area contributed by atoms with Crippen molar-refractivity contribution in [3.63, 3.8) is 0 Å². The molecule has 0 saturated carbocycles. The topological polar surface area (TPSA) is 67.2 Å². The predicted molar refractivity (Wildman–Crippen MR) is 73.4 cm³/mol. The summed E-state index contributed by atoms with van der Waals surface area (Å²) in [4.78, 5) is 2.73. The number of azide groups is 1. The molecule has 1 aliphatic rings. The number of nitrogens with zero attached hydrogens (tertiary/aromatic N) is 3. The Morgan fingerprint density at radius 1 is 1.00 bits per heavy atom. The average Bonchev–Trinajstić information content (AvgIpc) is 2.46. The molecule has 1 rings (SSSR count). The normalized spacial score (nSPS) is 20.8. The Labute approximate surface area is 110 Å². The minimum absolute atomic E-state index is 0.0767. The Balaban J connectivity index is 2.13. The van der Waals surface area contributed by atoms with Crippen LogP contribution in [-0.2, 0) is 9.31 Å². The van der Waals surface area contributed by atoms with E-state index >= 15 is 0 Å². The number of hydrogen-bond acceptors (Lipinski definition) is 3. The highest BCUT2D eigenvalue weighted by Gasteiger charge is 2.50. The van der Waals surface area contributed by atoms with E-state index in [-0.39, 0.29) is 18.3 Å². The van der Waals surface area contributed by atoms with Crippen LogP contribution in [0.2, 0.25) is 6.32 Å². The fraction of sp³-hybridized carbons (Fsp3) is 1.00. The molecule has 0 amide bonds. The minimum atomic E-state index is -0.223. The third-order valence-electron chi connectivity index (χ3n) is 3.81. The lowest BCUT2D eigenvalue weighted by atomic mass is 9.82. The SMILES string of the molecule is CC1(C)OB(CCCCCCN=[N+]=[N-])OC1(C)C. The van der Waals surface area contributed by atoms with Crippen LogP contribution in [0.5, 0.6) is 0 Å². The first-order chi connectivity index (χ1) is 8.39. The minimum Gasteiger partial charge on any atom is -0.403 e. The van der Waals surface area contributed by atoms with Crippen LogP contribution in [0.15, 0.2) is 5.11 Å². The van der Waals surface area contributed by atoms with Crippen LogP contribution in [0.4, 0.5) is 0 Å². The van der Waals surface area contributed by atoms with Crippen molar-refractivity contribution in [1.82, 2.24) is 0 Å². The van der Waals surface area contributed by atoms with Gasteiger partial charge in [0.25, 0.3) is 0 Å². The quantitative estimate of drug-likeness (QED) is 0.226. The maximum Gasteiger partial charge on any atom is 0.457 e. The van der Waals surface area contributed by atoms with Gasteiger partial charge in [0, 0.05) is 11.5 Å². The summed E-state index contributed by atoms with van der Waals surface area (Å²) in [7, 11) is -0.0767. The third kappa shape index (κ3) is 4.20. The third-order valence-corrected chi connectivity index (χ3v) is 3.81. The molecule has 1 aliphatic heterocycles. The molecular weight excluding hydrogens is 229 g/mol. The number of unbranched alkanes of at least 4 members (excludes halogenated alkanes) is 3. The van der Waals surface area contributed by atoms with E-state index in [2.05, 4.69) is 37.7 Å². The summed E-state index contributed by atoms with van der Waals surface area (Å²) in [5.41, 5.74) is 7.69. The maximum atomic E-state index is 8.14. The first-order valence-corrected chi connectivity index (χ1v) is 6.75. The van der Waals surface area contributed by atoms with E-state index in [1.165, 1.54) is 0 Å². The van der Waals surface area contributed by atoms with Crippen LogP contribution >= 0.6 is 0 Å². The van der Waals surface area contributed by atoms with Gasteiger partial charge in [0.2, 0.25) is 0 Å². The zero-order valence-corrected chi connectivity index (χ0v) is 12.0. The second kappa shape index (κ2) is 6.46. The van der Waals surface area contributed by atoms with Gasteiger partial charge in [0.15, 0.2) is 0 Å². The number of hydrogen-bond donors (Lipinski definition) is 0. The van der Waals surface area contributed by atoms with Crippen LogP contribution in [0.1, 0.15) is 53.4 Å². The van der Waals surface area contributed by atoms with Gasteiger partial charge in [0.05, 0.1) is 11.2 Å². The Morgan fingerprint density at radius 3 is 2.11 bits per heavy atom. The second-order valence-electron chi connectivity index (χ2n) is 5.84. The molecule has 6 heteroatoms. The molecule has 18 heavy (non-hydrogen) atoms. The molecular formula is C12H24BN3O2. The fourth-order valence-corrected chi connectivity index (χ4v) is 1.97. The monoisotopic (exact) mass is 253 g/mol. The maximum absolute atomic E-state index is 8.14. The van der Waals surface area contributed by atoms with E-state index in [9.17, 15) is 0 Å². The zero-order valence-electron chi connectivity index (χ0n) is 12.0. The molecule has 0 bridgehead atoms. The summed E-state index contributed by atoms with van der Waals surface area (Å²) in [6, 6.07) is 0. The molecule has 0 unspecified atom stereocenters. The molecule has 5 nitrogen and oxygen atoms in total. The molecule has 0 atom stereocenters. The molecule has 1 fully saturated rings. The molecule has 0 aromatic rings. The summed E-state index contributed by atoms with van der Waals surface area (Å²) in [6.45, 7) is 8.91. The van der Waals surface area contributed by atoms with Crippen molar-refractivity contribution in [2.45, 2.75) is 70.9 Å². The van der Waals surface area contributed by atoms with Crippen molar-refractivity contribution in [3.8, 4) is 0 Å². The van der Waals surface area contributed by atoms with Crippen LogP contribution in [0.3, 0.4) is 0 Å². The molecule has 0 aromatic carbocycles.